The molecule has 28 heavy (non-hydrogen) atoms. The van der Waals surface area contributed by atoms with Crippen molar-refractivity contribution in [1.29, 1.82) is 0 Å². The van der Waals surface area contributed by atoms with Crippen LogP contribution >= 0.6 is 11.3 Å². The van der Waals surface area contributed by atoms with Gasteiger partial charge in [0.1, 0.15) is 5.58 Å². The summed E-state index contributed by atoms with van der Waals surface area (Å²) in [5, 5.41) is 6.07. The predicted octanol–water partition coefficient (Wildman–Crippen LogP) is 3.87. The molecule has 4 rings (SSSR count). The van der Waals surface area contributed by atoms with Gasteiger partial charge in [-0.1, -0.05) is 6.07 Å². The number of thiophene rings is 1. The zero-order valence-electron chi connectivity index (χ0n) is 16.2. The van der Waals surface area contributed by atoms with Crippen LogP contribution in [0.2, 0.25) is 0 Å². The van der Waals surface area contributed by atoms with Gasteiger partial charge in [-0.25, -0.2) is 4.79 Å². The molecule has 0 spiro atoms. The van der Waals surface area contributed by atoms with Crippen molar-refractivity contribution in [3.8, 4) is 0 Å². The molecule has 1 aliphatic heterocycles. The van der Waals surface area contributed by atoms with E-state index in [0.717, 1.165) is 53.9 Å². The lowest BCUT2D eigenvalue weighted by Gasteiger charge is -2.32. The van der Waals surface area contributed by atoms with Gasteiger partial charge in [0.25, 0.3) is 5.91 Å². The number of carbonyl (C=O) groups is 1. The third-order valence-electron chi connectivity index (χ3n) is 5.51. The van der Waals surface area contributed by atoms with Crippen LogP contribution in [0.3, 0.4) is 0 Å². The summed E-state index contributed by atoms with van der Waals surface area (Å²) >= 11 is 1.47. The molecule has 3 aromatic rings. The van der Waals surface area contributed by atoms with E-state index in [0.29, 0.717) is 5.58 Å². The third kappa shape index (κ3) is 4.03. The molecule has 1 saturated heterocycles. The molecular formula is C22H24N2O3S. The second-order valence-corrected chi connectivity index (χ2v) is 8.47. The summed E-state index contributed by atoms with van der Waals surface area (Å²) in [6.45, 7) is 6.60. The third-order valence-corrected chi connectivity index (χ3v) is 6.37. The lowest BCUT2D eigenvalue weighted by molar-refractivity contribution is 0.0913. The number of amides is 1. The molecule has 0 bridgehead atoms. The number of hydrogen-bond donors (Lipinski definition) is 1. The molecule has 5 nitrogen and oxygen atoms in total. The van der Waals surface area contributed by atoms with Crippen LogP contribution in [0.4, 0.5) is 0 Å². The molecule has 0 aliphatic carbocycles. The Hall–Kier alpha value is -2.44. The zero-order chi connectivity index (χ0) is 19.7. The van der Waals surface area contributed by atoms with E-state index in [1.165, 1.54) is 16.9 Å². The van der Waals surface area contributed by atoms with Crippen LogP contribution in [-0.2, 0) is 6.54 Å². The molecule has 1 amide bonds. The molecule has 1 fully saturated rings. The maximum absolute atomic E-state index is 12.2. The number of aryl methyl sites for hydroxylation is 2. The molecule has 0 atom stereocenters. The number of nitrogens with one attached hydrogen (secondary N) is 1. The van der Waals surface area contributed by atoms with Crippen molar-refractivity contribution >= 4 is 28.2 Å². The van der Waals surface area contributed by atoms with Gasteiger partial charge in [-0.15, -0.1) is 11.3 Å². The first-order valence-corrected chi connectivity index (χ1v) is 10.5. The fraction of sp³-hybridized carbons (Fsp3) is 0.364. The Morgan fingerprint density at radius 1 is 1.21 bits per heavy atom. The molecule has 2 aromatic heterocycles. The van der Waals surface area contributed by atoms with Crippen molar-refractivity contribution in [2.45, 2.75) is 39.3 Å². The van der Waals surface area contributed by atoms with Crippen molar-refractivity contribution in [2.75, 3.05) is 13.1 Å². The monoisotopic (exact) mass is 396 g/mol. The fourth-order valence-electron chi connectivity index (χ4n) is 3.75. The highest BCUT2D eigenvalue weighted by molar-refractivity contribution is 7.12. The number of fused-ring (bicyclic) bond motifs is 1. The first-order valence-electron chi connectivity index (χ1n) is 9.60. The topological polar surface area (TPSA) is 62.6 Å². The molecule has 0 unspecified atom stereocenters. The average molecular weight is 397 g/mol. The van der Waals surface area contributed by atoms with Gasteiger partial charge in [-0.2, -0.15) is 0 Å². The Kier molecular flexibility index (Phi) is 5.33. The average Bonchev–Trinajstić information content (AvgIpc) is 3.20. The number of hydrogen-bond acceptors (Lipinski definition) is 5. The van der Waals surface area contributed by atoms with Crippen LogP contribution in [0.15, 0.2) is 44.9 Å². The van der Waals surface area contributed by atoms with Crippen molar-refractivity contribution < 1.29 is 9.21 Å². The van der Waals surface area contributed by atoms with E-state index >= 15 is 0 Å². The van der Waals surface area contributed by atoms with Crippen LogP contribution < -0.4 is 10.9 Å². The normalized spacial score (nSPS) is 15.8. The summed E-state index contributed by atoms with van der Waals surface area (Å²) in [6, 6.07) is 9.62. The maximum Gasteiger partial charge on any atom is 0.336 e. The SMILES string of the molecule is Cc1cc2oc(=O)cc(CN3CCC(NC(=O)c4cccs4)CC3)c2cc1C. The summed E-state index contributed by atoms with van der Waals surface area (Å²) in [4.78, 5) is 27.3. The van der Waals surface area contributed by atoms with E-state index < -0.39 is 0 Å². The minimum absolute atomic E-state index is 0.0194. The Bertz CT molecular complexity index is 1050. The summed E-state index contributed by atoms with van der Waals surface area (Å²) in [5.41, 5.74) is 3.68. The van der Waals surface area contributed by atoms with Gasteiger partial charge in [0.05, 0.1) is 4.88 Å². The molecule has 1 N–H and O–H groups in total. The minimum Gasteiger partial charge on any atom is -0.423 e. The van der Waals surface area contributed by atoms with E-state index in [2.05, 4.69) is 23.2 Å². The van der Waals surface area contributed by atoms with Crippen molar-refractivity contribution in [1.82, 2.24) is 10.2 Å². The Balaban J connectivity index is 1.43. The number of nitrogens with zero attached hydrogens (tertiary/aromatic N) is 1. The maximum atomic E-state index is 12.2. The van der Waals surface area contributed by atoms with Gasteiger partial charge < -0.3 is 9.73 Å². The quantitative estimate of drug-likeness (QED) is 0.680. The van der Waals surface area contributed by atoms with Crippen LogP contribution in [-0.4, -0.2) is 29.9 Å². The van der Waals surface area contributed by atoms with E-state index in [9.17, 15) is 9.59 Å². The van der Waals surface area contributed by atoms with Crippen LogP contribution in [0.25, 0.3) is 11.0 Å². The molecule has 146 valence electrons. The second-order valence-electron chi connectivity index (χ2n) is 7.52. The van der Waals surface area contributed by atoms with Crippen LogP contribution in [0.5, 0.6) is 0 Å². The standard InChI is InChI=1S/C22H24N2O3S/c1-14-10-18-16(12-21(25)27-19(18)11-15(14)2)13-24-7-5-17(6-8-24)23-22(26)20-4-3-9-28-20/h3-4,9-12,17H,5-8,13H2,1-2H3,(H,23,26). The Morgan fingerprint density at radius 3 is 2.68 bits per heavy atom. The summed E-state index contributed by atoms with van der Waals surface area (Å²) < 4.78 is 5.40. The van der Waals surface area contributed by atoms with Gasteiger partial charge >= 0.3 is 5.63 Å². The summed E-state index contributed by atoms with van der Waals surface area (Å²) in [6.07, 6.45) is 1.82. The van der Waals surface area contributed by atoms with Gasteiger partial charge in [0, 0.05) is 37.1 Å². The van der Waals surface area contributed by atoms with Crippen molar-refractivity contribution in [2.24, 2.45) is 0 Å². The lowest BCUT2D eigenvalue weighted by Crippen LogP contribution is -2.44. The largest absolute Gasteiger partial charge is 0.423 e. The molecule has 0 radical (unpaired) electrons. The highest BCUT2D eigenvalue weighted by atomic mass is 32.1. The molecule has 1 aliphatic rings. The molecule has 6 heteroatoms. The molecule has 3 heterocycles. The fourth-order valence-corrected chi connectivity index (χ4v) is 4.38. The molecular weight excluding hydrogens is 372 g/mol. The number of likely N-dealkylation sites (tertiary alicyclic amines) is 1. The Morgan fingerprint density at radius 2 is 1.96 bits per heavy atom. The number of carbonyl (C=O) groups excluding carboxylic acids is 1. The summed E-state index contributed by atoms with van der Waals surface area (Å²) in [5.74, 6) is 0.0194. The van der Waals surface area contributed by atoms with Gasteiger partial charge in [0.2, 0.25) is 0 Å². The first-order chi connectivity index (χ1) is 13.5. The first kappa shape index (κ1) is 18.9. The van der Waals surface area contributed by atoms with E-state index in [-0.39, 0.29) is 17.6 Å². The lowest BCUT2D eigenvalue weighted by atomic mass is 10.0. The van der Waals surface area contributed by atoms with Crippen LogP contribution in [0, 0.1) is 13.8 Å². The minimum atomic E-state index is -0.302. The van der Waals surface area contributed by atoms with Gasteiger partial charge in [-0.05, 0) is 67.0 Å². The van der Waals surface area contributed by atoms with Gasteiger partial charge in [0.15, 0.2) is 0 Å². The van der Waals surface area contributed by atoms with E-state index in [1.54, 1.807) is 6.07 Å². The second kappa shape index (κ2) is 7.89. The summed E-state index contributed by atoms with van der Waals surface area (Å²) in [7, 11) is 0. The highest BCUT2D eigenvalue weighted by Gasteiger charge is 2.22. The van der Waals surface area contributed by atoms with E-state index in [1.807, 2.05) is 30.5 Å². The van der Waals surface area contributed by atoms with E-state index in [4.69, 9.17) is 4.42 Å². The smallest absolute Gasteiger partial charge is 0.336 e. The number of rotatable bonds is 4. The highest BCUT2D eigenvalue weighted by Crippen LogP contribution is 2.24. The Labute approximate surface area is 168 Å². The zero-order valence-corrected chi connectivity index (χ0v) is 17.0. The molecule has 1 aromatic carbocycles. The van der Waals surface area contributed by atoms with Gasteiger partial charge in [-0.3, -0.25) is 9.69 Å². The van der Waals surface area contributed by atoms with Crippen molar-refractivity contribution in [3.05, 3.63) is 67.7 Å². The number of piperidine rings is 1. The molecule has 0 saturated carbocycles. The number of benzene rings is 1. The predicted molar refractivity (Wildman–Crippen MR) is 112 cm³/mol. The van der Waals surface area contributed by atoms with Crippen LogP contribution in [0.1, 0.15) is 39.2 Å². The van der Waals surface area contributed by atoms with Crippen molar-refractivity contribution in [3.63, 3.8) is 0 Å².